The maximum Gasteiger partial charge on any atom is 0.224 e. The average molecular weight is 257 g/mol. The van der Waals surface area contributed by atoms with Crippen molar-refractivity contribution in [2.24, 2.45) is 0 Å². The number of halogens is 1. The van der Waals surface area contributed by atoms with Crippen molar-refractivity contribution < 1.29 is 9.53 Å². The Morgan fingerprint density at radius 2 is 2.24 bits per heavy atom. The van der Waals surface area contributed by atoms with Gasteiger partial charge in [0.2, 0.25) is 5.91 Å². The fraction of sp³-hybridized carbons (Fsp3) is 0.417. The Bertz CT molecular complexity index is 396. The summed E-state index contributed by atoms with van der Waals surface area (Å²) >= 11 is 6.03. The van der Waals surface area contributed by atoms with Gasteiger partial charge < -0.3 is 15.4 Å². The second-order valence-corrected chi connectivity index (χ2v) is 4.25. The van der Waals surface area contributed by atoms with Crippen LogP contribution in [0.15, 0.2) is 18.2 Å². The zero-order valence-corrected chi connectivity index (χ0v) is 10.8. The van der Waals surface area contributed by atoms with Crippen LogP contribution in [0.1, 0.15) is 12.0 Å². The number of hydrogen-bond acceptors (Lipinski definition) is 3. The third-order valence-corrected chi connectivity index (χ3v) is 2.79. The molecular formula is C12H17ClN2O2. The lowest BCUT2D eigenvalue weighted by Crippen LogP contribution is -2.27. The number of rotatable bonds is 5. The van der Waals surface area contributed by atoms with E-state index in [-0.39, 0.29) is 5.91 Å². The number of amides is 1. The van der Waals surface area contributed by atoms with E-state index in [1.54, 1.807) is 37.3 Å². The standard InChI is InChI=1S/C12H17ClN2O2/c1-15(12(16)5-6-17-2)8-9-7-10(14)3-4-11(9)13/h3-4,7H,5-6,8,14H2,1-2H3. The van der Waals surface area contributed by atoms with Gasteiger partial charge in [0, 0.05) is 31.4 Å². The van der Waals surface area contributed by atoms with Crippen molar-refractivity contribution in [3.8, 4) is 0 Å². The molecule has 0 spiro atoms. The Morgan fingerprint density at radius 3 is 2.88 bits per heavy atom. The van der Waals surface area contributed by atoms with Crippen LogP contribution < -0.4 is 5.73 Å². The minimum absolute atomic E-state index is 0.0188. The van der Waals surface area contributed by atoms with E-state index < -0.39 is 0 Å². The van der Waals surface area contributed by atoms with Crippen LogP contribution in [0, 0.1) is 0 Å². The monoisotopic (exact) mass is 256 g/mol. The van der Waals surface area contributed by atoms with E-state index in [1.807, 2.05) is 0 Å². The fourth-order valence-corrected chi connectivity index (χ4v) is 1.62. The third kappa shape index (κ3) is 4.24. The molecule has 94 valence electrons. The second-order valence-electron chi connectivity index (χ2n) is 3.84. The molecule has 0 atom stereocenters. The Hall–Kier alpha value is -1.26. The van der Waals surface area contributed by atoms with Crippen LogP contribution in [0.25, 0.3) is 0 Å². The zero-order chi connectivity index (χ0) is 12.8. The number of nitrogens with zero attached hydrogens (tertiary/aromatic N) is 1. The highest BCUT2D eigenvalue weighted by Gasteiger charge is 2.10. The van der Waals surface area contributed by atoms with Gasteiger partial charge in [0.25, 0.3) is 0 Å². The van der Waals surface area contributed by atoms with Crippen molar-refractivity contribution in [2.45, 2.75) is 13.0 Å². The minimum atomic E-state index is 0.0188. The Balaban J connectivity index is 2.64. The number of anilines is 1. The van der Waals surface area contributed by atoms with Crippen molar-refractivity contribution in [3.63, 3.8) is 0 Å². The molecule has 0 saturated heterocycles. The van der Waals surface area contributed by atoms with Gasteiger partial charge in [0.15, 0.2) is 0 Å². The fourth-order valence-electron chi connectivity index (χ4n) is 1.44. The molecule has 0 unspecified atom stereocenters. The molecule has 4 nitrogen and oxygen atoms in total. The highest BCUT2D eigenvalue weighted by atomic mass is 35.5. The van der Waals surface area contributed by atoms with E-state index in [1.165, 1.54) is 0 Å². The molecule has 0 fully saturated rings. The van der Waals surface area contributed by atoms with Crippen LogP contribution in [0.4, 0.5) is 5.69 Å². The molecule has 17 heavy (non-hydrogen) atoms. The summed E-state index contributed by atoms with van der Waals surface area (Å²) < 4.78 is 4.86. The van der Waals surface area contributed by atoms with Gasteiger partial charge in [-0.2, -0.15) is 0 Å². The molecule has 0 aliphatic heterocycles. The van der Waals surface area contributed by atoms with Crippen molar-refractivity contribution in [1.82, 2.24) is 4.90 Å². The van der Waals surface area contributed by atoms with Crippen molar-refractivity contribution in [3.05, 3.63) is 28.8 Å². The van der Waals surface area contributed by atoms with Crippen molar-refractivity contribution in [1.29, 1.82) is 0 Å². The largest absolute Gasteiger partial charge is 0.399 e. The molecular weight excluding hydrogens is 240 g/mol. The molecule has 2 N–H and O–H groups in total. The number of methoxy groups -OCH3 is 1. The predicted octanol–water partition coefficient (Wildman–Crippen LogP) is 1.92. The molecule has 1 aromatic carbocycles. The van der Waals surface area contributed by atoms with Crippen molar-refractivity contribution in [2.75, 3.05) is 26.5 Å². The summed E-state index contributed by atoms with van der Waals surface area (Å²) in [6.07, 6.45) is 0.368. The number of nitrogen functional groups attached to an aromatic ring is 1. The van der Waals surface area contributed by atoms with Gasteiger partial charge in [-0.15, -0.1) is 0 Å². The number of nitrogens with two attached hydrogens (primary N) is 1. The first kappa shape index (κ1) is 13.8. The summed E-state index contributed by atoms with van der Waals surface area (Å²) in [5, 5.41) is 0.616. The highest BCUT2D eigenvalue weighted by Crippen LogP contribution is 2.20. The normalized spacial score (nSPS) is 10.3. The molecule has 0 saturated carbocycles. The van der Waals surface area contributed by atoms with Crippen LogP contribution in [-0.4, -0.2) is 31.6 Å². The van der Waals surface area contributed by atoms with Gasteiger partial charge in [-0.1, -0.05) is 11.6 Å². The molecule has 1 rings (SSSR count). The third-order valence-electron chi connectivity index (χ3n) is 2.42. The van der Waals surface area contributed by atoms with Gasteiger partial charge in [0.05, 0.1) is 13.0 Å². The lowest BCUT2D eigenvalue weighted by atomic mass is 10.2. The zero-order valence-electron chi connectivity index (χ0n) is 10.1. The van der Waals surface area contributed by atoms with Gasteiger partial charge in [0.1, 0.15) is 0 Å². The van der Waals surface area contributed by atoms with E-state index in [2.05, 4.69) is 0 Å². The molecule has 0 aromatic heterocycles. The number of carbonyl (C=O) groups is 1. The summed E-state index contributed by atoms with van der Waals surface area (Å²) in [6.45, 7) is 0.875. The van der Waals surface area contributed by atoms with Crippen LogP contribution >= 0.6 is 11.6 Å². The molecule has 0 bridgehead atoms. The lowest BCUT2D eigenvalue weighted by Gasteiger charge is -2.18. The van der Waals surface area contributed by atoms with Gasteiger partial charge >= 0.3 is 0 Å². The number of ether oxygens (including phenoxy) is 1. The van der Waals surface area contributed by atoms with Gasteiger partial charge in [-0.3, -0.25) is 4.79 Å². The van der Waals surface area contributed by atoms with E-state index >= 15 is 0 Å². The summed E-state index contributed by atoms with van der Waals surface area (Å²) in [7, 11) is 3.31. The molecule has 0 aliphatic rings. The molecule has 0 radical (unpaired) electrons. The molecule has 0 aliphatic carbocycles. The van der Waals surface area contributed by atoms with Crippen LogP contribution in [0.2, 0.25) is 5.02 Å². The number of benzene rings is 1. The maximum atomic E-state index is 11.7. The summed E-state index contributed by atoms with van der Waals surface area (Å²) in [5.74, 6) is 0.0188. The first-order valence-electron chi connectivity index (χ1n) is 5.31. The van der Waals surface area contributed by atoms with Crippen LogP contribution in [0.5, 0.6) is 0 Å². The van der Waals surface area contributed by atoms with Crippen LogP contribution in [-0.2, 0) is 16.1 Å². The smallest absolute Gasteiger partial charge is 0.224 e. The Labute approximate surface area is 106 Å². The number of hydrogen-bond donors (Lipinski definition) is 1. The Kier molecular flexibility index (Phi) is 5.25. The highest BCUT2D eigenvalue weighted by molar-refractivity contribution is 6.31. The first-order chi connectivity index (χ1) is 8.04. The van der Waals surface area contributed by atoms with Crippen LogP contribution in [0.3, 0.4) is 0 Å². The van der Waals surface area contributed by atoms with E-state index in [0.29, 0.717) is 30.3 Å². The minimum Gasteiger partial charge on any atom is -0.399 e. The van der Waals surface area contributed by atoms with Crippen molar-refractivity contribution >= 4 is 23.2 Å². The average Bonchev–Trinajstić information content (AvgIpc) is 2.30. The lowest BCUT2D eigenvalue weighted by molar-refractivity contribution is -0.131. The summed E-state index contributed by atoms with van der Waals surface area (Å²) in [5.41, 5.74) is 7.17. The second kappa shape index (κ2) is 6.47. The topological polar surface area (TPSA) is 55.6 Å². The molecule has 1 aromatic rings. The predicted molar refractivity (Wildman–Crippen MR) is 68.8 cm³/mol. The quantitative estimate of drug-likeness (QED) is 0.819. The Morgan fingerprint density at radius 1 is 1.53 bits per heavy atom. The van der Waals surface area contributed by atoms with Gasteiger partial charge in [-0.25, -0.2) is 0 Å². The maximum absolute atomic E-state index is 11.7. The van der Waals surface area contributed by atoms with E-state index in [0.717, 1.165) is 5.56 Å². The first-order valence-corrected chi connectivity index (χ1v) is 5.69. The molecule has 5 heteroatoms. The van der Waals surface area contributed by atoms with E-state index in [4.69, 9.17) is 22.1 Å². The molecule has 0 heterocycles. The summed E-state index contributed by atoms with van der Waals surface area (Å²) in [6, 6.07) is 5.25. The molecule has 1 amide bonds. The summed E-state index contributed by atoms with van der Waals surface area (Å²) in [4.78, 5) is 13.3. The SMILES string of the molecule is COCCC(=O)N(C)Cc1cc(N)ccc1Cl. The van der Waals surface area contributed by atoms with Gasteiger partial charge in [-0.05, 0) is 23.8 Å². The number of carbonyl (C=O) groups excluding carboxylic acids is 1. The van der Waals surface area contributed by atoms with E-state index in [9.17, 15) is 4.79 Å².